The van der Waals surface area contributed by atoms with Crippen molar-refractivity contribution < 1.29 is 19.4 Å². The number of carbonyl (C=O) groups is 2. The van der Waals surface area contributed by atoms with Gasteiger partial charge in [-0.1, -0.05) is 0 Å². The van der Waals surface area contributed by atoms with Crippen molar-refractivity contribution in [2.24, 2.45) is 0 Å². The van der Waals surface area contributed by atoms with Gasteiger partial charge in [0.15, 0.2) is 0 Å². The van der Waals surface area contributed by atoms with Crippen LogP contribution in [0.25, 0.3) is 0 Å². The molecule has 1 aliphatic rings. The molecule has 1 aromatic rings. The number of methoxy groups -OCH3 is 1. The molecule has 6 nitrogen and oxygen atoms in total. The minimum absolute atomic E-state index is 0.153. The first-order valence-electron chi connectivity index (χ1n) is 6.50. The molecule has 0 saturated carbocycles. The third kappa shape index (κ3) is 3.07. The van der Waals surface area contributed by atoms with Crippen LogP contribution in [0.5, 0.6) is 5.75 Å². The number of hydrogen-bond donors (Lipinski definition) is 1. The standard InChI is InChI=1S/C14H18N2O4S/c1-9-16(12(8-21-9)13(17)18)14(19)15(2)10-4-6-11(20-3)7-5-10/h4-7,9,12H,8H2,1-3H3,(H,17,18). The number of ether oxygens (including phenoxy) is 1. The number of nitrogens with zero attached hydrogens (tertiary/aromatic N) is 2. The van der Waals surface area contributed by atoms with Crippen LogP contribution in [0.3, 0.4) is 0 Å². The van der Waals surface area contributed by atoms with E-state index in [0.717, 1.165) is 0 Å². The van der Waals surface area contributed by atoms with Gasteiger partial charge >= 0.3 is 12.0 Å². The van der Waals surface area contributed by atoms with E-state index >= 15 is 0 Å². The van der Waals surface area contributed by atoms with Crippen molar-refractivity contribution in [3.8, 4) is 5.75 Å². The molecule has 114 valence electrons. The lowest BCUT2D eigenvalue weighted by Gasteiger charge is -2.30. The monoisotopic (exact) mass is 310 g/mol. The van der Waals surface area contributed by atoms with Crippen LogP contribution in [0, 0.1) is 0 Å². The molecule has 1 fully saturated rings. The maximum Gasteiger partial charge on any atom is 0.327 e. The molecule has 2 unspecified atom stereocenters. The Morgan fingerprint density at radius 1 is 1.38 bits per heavy atom. The van der Waals surface area contributed by atoms with Crippen LogP contribution < -0.4 is 9.64 Å². The number of benzene rings is 1. The minimum atomic E-state index is -0.969. The molecule has 7 heteroatoms. The number of anilines is 1. The number of aliphatic carboxylic acids is 1. The predicted octanol–water partition coefficient (Wildman–Crippen LogP) is 2.10. The van der Waals surface area contributed by atoms with Gasteiger partial charge in [-0.05, 0) is 31.2 Å². The quantitative estimate of drug-likeness (QED) is 0.926. The van der Waals surface area contributed by atoms with Gasteiger partial charge in [-0.2, -0.15) is 0 Å². The molecule has 1 heterocycles. The topological polar surface area (TPSA) is 70.1 Å². The van der Waals surface area contributed by atoms with Gasteiger partial charge in [0.1, 0.15) is 11.8 Å². The maximum atomic E-state index is 12.6. The Morgan fingerprint density at radius 3 is 2.52 bits per heavy atom. The van der Waals surface area contributed by atoms with Crippen molar-refractivity contribution in [1.29, 1.82) is 0 Å². The van der Waals surface area contributed by atoms with Gasteiger partial charge in [-0.15, -0.1) is 11.8 Å². The lowest BCUT2D eigenvalue weighted by Crippen LogP contribution is -2.50. The summed E-state index contributed by atoms with van der Waals surface area (Å²) < 4.78 is 5.08. The third-order valence-corrected chi connectivity index (χ3v) is 4.69. The third-order valence-electron chi connectivity index (χ3n) is 3.48. The molecule has 1 aromatic carbocycles. The van der Waals surface area contributed by atoms with Crippen LogP contribution in [-0.2, 0) is 4.79 Å². The summed E-state index contributed by atoms with van der Waals surface area (Å²) >= 11 is 1.47. The fourth-order valence-electron chi connectivity index (χ4n) is 2.21. The smallest absolute Gasteiger partial charge is 0.327 e. The van der Waals surface area contributed by atoms with Crippen molar-refractivity contribution in [3.63, 3.8) is 0 Å². The number of urea groups is 1. The first-order chi connectivity index (χ1) is 9.95. The Labute approximate surface area is 127 Å². The minimum Gasteiger partial charge on any atom is -0.497 e. The van der Waals surface area contributed by atoms with E-state index < -0.39 is 12.0 Å². The lowest BCUT2D eigenvalue weighted by atomic mass is 10.2. The van der Waals surface area contributed by atoms with Gasteiger partial charge in [0, 0.05) is 18.5 Å². The second-order valence-corrected chi connectivity index (χ2v) is 6.08. The predicted molar refractivity (Wildman–Crippen MR) is 82.0 cm³/mol. The molecule has 0 radical (unpaired) electrons. The lowest BCUT2D eigenvalue weighted by molar-refractivity contribution is -0.141. The molecule has 2 atom stereocenters. The van der Waals surface area contributed by atoms with Crippen LogP contribution in [0.2, 0.25) is 0 Å². The van der Waals surface area contributed by atoms with E-state index in [9.17, 15) is 14.7 Å². The highest BCUT2D eigenvalue weighted by Crippen LogP contribution is 2.31. The molecule has 1 N–H and O–H groups in total. The van der Waals surface area contributed by atoms with E-state index in [1.54, 1.807) is 38.4 Å². The summed E-state index contributed by atoms with van der Waals surface area (Å²) in [4.78, 5) is 26.7. The van der Waals surface area contributed by atoms with E-state index in [0.29, 0.717) is 17.2 Å². The molecule has 0 aliphatic carbocycles. The highest BCUT2D eigenvalue weighted by Gasteiger charge is 2.40. The van der Waals surface area contributed by atoms with Gasteiger partial charge in [-0.25, -0.2) is 9.59 Å². The van der Waals surface area contributed by atoms with Crippen LogP contribution >= 0.6 is 11.8 Å². The Morgan fingerprint density at radius 2 is 2.00 bits per heavy atom. The first kappa shape index (κ1) is 15.5. The fraction of sp³-hybridized carbons (Fsp3) is 0.429. The van der Waals surface area contributed by atoms with Crippen molar-refractivity contribution in [3.05, 3.63) is 24.3 Å². The summed E-state index contributed by atoms with van der Waals surface area (Å²) in [7, 11) is 3.21. The first-order valence-corrected chi connectivity index (χ1v) is 7.55. The fourth-order valence-corrected chi connectivity index (χ4v) is 3.37. The van der Waals surface area contributed by atoms with E-state index in [1.165, 1.54) is 21.6 Å². The zero-order chi connectivity index (χ0) is 15.6. The van der Waals surface area contributed by atoms with E-state index in [1.807, 2.05) is 6.92 Å². The molecule has 0 bridgehead atoms. The molecule has 2 amide bonds. The Bertz CT molecular complexity index is 534. The summed E-state index contributed by atoms with van der Waals surface area (Å²) in [6.07, 6.45) is 0. The van der Waals surface area contributed by atoms with E-state index in [4.69, 9.17) is 4.74 Å². The number of carboxylic acid groups (broad SMARTS) is 1. The van der Waals surface area contributed by atoms with Crippen molar-refractivity contribution in [1.82, 2.24) is 4.90 Å². The molecule has 0 aromatic heterocycles. The second-order valence-electron chi connectivity index (χ2n) is 4.73. The highest BCUT2D eigenvalue weighted by atomic mass is 32.2. The molecule has 2 rings (SSSR count). The Kier molecular flexibility index (Phi) is 4.62. The second kappa shape index (κ2) is 6.26. The Balaban J connectivity index is 2.19. The number of carbonyl (C=O) groups excluding carboxylic acids is 1. The summed E-state index contributed by atoms with van der Waals surface area (Å²) in [5, 5.41) is 9.08. The van der Waals surface area contributed by atoms with Gasteiger partial charge in [0.05, 0.1) is 12.5 Å². The number of carboxylic acids is 1. The number of amides is 2. The zero-order valence-corrected chi connectivity index (χ0v) is 13.0. The van der Waals surface area contributed by atoms with E-state index in [2.05, 4.69) is 0 Å². The molecule has 21 heavy (non-hydrogen) atoms. The molecule has 1 aliphatic heterocycles. The van der Waals surface area contributed by atoms with Crippen LogP contribution in [0.1, 0.15) is 6.92 Å². The van der Waals surface area contributed by atoms with Crippen LogP contribution in [0.15, 0.2) is 24.3 Å². The van der Waals surface area contributed by atoms with Crippen molar-refractivity contribution >= 4 is 29.4 Å². The van der Waals surface area contributed by atoms with Crippen LogP contribution in [-0.4, -0.2) is 53.3 Å². The van der Waals surface area contributed by atoms with Gasteiger partial charge in [-0.3, -0.25) is 9.80 Å². The van der Waals surface area contributed by atoms with Crippen LogP contribution in [0.4, 0.5) is 10.5 Å². The van der Waals surface area contributed by atoms with E-state index in [-0.39, 0.29) is 11.4 Å². The van der Waals surface area contributed by atoms with Gasteiger partial charge in [0.25, 0.3) is 0 Å². The number of hydrogen-bond acceptors (Lipinski definition) is 4. The van der Waals surface area contributed by atoms with Gasteiger partial charge < -0.3 is 9.84 Å². The molecule has 1 saturated heterocycles. The zero-order valence-electron chi connectivity index (χ0n) is 12.1. The normalized spacial score (nSPS) is 21.2. The number of rotatable bonds is 3. The molecular weight excluding hydrogens is 292 g/mol. The number of thioether (sulfide) groups is 1. The highest BCUT2D eigenvalue weighted by molar-refractivity contribution is 8.00. The molecule has 0 spiro atoms. The SMILES string of the molecule is COc1ccc(N(C)C(=O)N2C(C)SCC2C(=O)O)cc1. The maximum absolute atomic E-state index is 12.6. The summed E-state index contributed by atoms with van der Waals surface area (Å²) in [5.41, 5.74) is 0.689. The summed E-state index contributed by atoms with van der Waals surface area (Å²) in [5.74, 6) is 0.148. The molecular formula is C14H18N2O4S. The van der Waals surface area contributed by atoms with Crippen molar-refractivity contribution in [2.45, 2.75) is 18.3 Å². The van der Waals surface area contributed by atoms with Gasteiger partial charge in [0.2, 0.25) is 0 Å². The van der Waals surface area contributed by atoms with Crippen molar-refractivity contribution in [2.75, 3.05) is 24.8 Å². The summed E-state index contributed by atoms with van der Waals surface area (Å²) in [6.45, 7) is 1.84. The average Bonchev–Trinajstić information content (AvgIpc) is 2.87. The largest absolute Gasteiger partial charge is 0.497 e. The summed E-state index contributed by atoms with van der Waals surface area (Å²) in [6, 6.07) is 5.95. The Hall–Kier alpha value is -1.89. The average molecular weight is 310 g/mol.